The van der Waals surface area contributed by atoms with Crippen molar-refractivity contribution in [3.8, 4) is 11.8 Å². The first-order valence-electron chi connectivity index (χ1n) is 15.1. The van der Waals surface area contributed by atoms with Crippen LogP contribution in [0.2, 0.25) is 0 Å². The molecule has 2 aromatic heterocycles. The van der Waals surface area contributed by atoms with Gasteiger partial charge in [0.25, 0.3) is 12.9 Å². The number of nitrogens with one attached hydrogen (secondary N) is 1. The summed E-state index contributed by atoms with van der Waals surface area (Å²) in [5.74, 6) is 0.339. The van der Waals surface area contributed by atoms with Gasteiger partial charge in [0, 0.05) is 13.7 Å². The third kappa shape index (κ3) is 7.52. The molecule has 1 aliphatic carbocycles. The Kier molecular flexibility index (Phi) is 10.8. The third-order valence-electron chi connectivity index (χ3n) is 7.92. The van der Waals surface area contributed by atoms with Crippen LogP contribution < -0.4 is 15.8 Å². The fourth-order valence-corrected chi connectivity index (χ4v) is 5.46. The van der Waals surface area contributed by atoms with Gasteiger partial charge in [-0.25, -0.2) is 14.8 Å². The van der Waals surface area contributed by atoms with Gasteiger partial charge in [0.15, 0.2) is 5.82 Å². The molecule has 3 aromatic rings. The highest BCUT2D eigenvalue weighted by Crippen LogP contribution is 2.41. The normalized spacial score (nSPS) is 23.2. The molecule has 14 nitrogen and oxygen atoms in total. The monoisotopic (exact) mass is 624 g/mol. The number of nitrogens with zero attached hydrogens (tertiary/aromatic N) is 4. The maximum Gasteiger partial charge on any atom is 0.323 e. The van der Waals surface area contributed by atoms with Crippen LogP contribution in [-0.2, 0) is 33.2 Å². The number of carbonyl (C=O) groups is 1. The van der Waals surface area contributed by atoms with E-state index in [9.17, 15) is 10.1 Å². The molecule has 0 bridgehead atoms. The molecule has 2 fully saturated rings. The molecular weight excluding hydrogens is 584 g/mol. The van der Waals surface area contributed by atoms with Crippen LogP contribution in [0.1, 0.15) is 57.7 Å². The van der Waals surface area contributed by atoms with Gasteiger partial charge >= 0.3 is 5.97 Å². The van der Waals surface area contributed by atoms with Gasteiger partial charge in [-0.1, -0.05) is 24.6 Å². The molecule has 6 atom stereocenters. The molecule has 5 rings (SSSR count). The van der Waals surface area contributed by atoms with Crippen LogP contribution in [-0.4, -0.2) is 77.6 Å². The van der Waals surface area contributed by atoms with Crippen molar-refractivity contribution in [2.45, 2.75) is 88.8 Å². The van der Waals surface area contributed by atoms with Gasteiger partial charge in [0.05, 0.1) is 12.3 Å². The Labute approximate surface area is 261 Å². The van der Waals surface area contributed by atoms with E-state index in [4.69, 9.17) is 38.9 Å². The van der Waals surface area contributed by atoms with E-state index in [0.29, 0.717) is 23.6 Å². The summed E-state index contributed by atoms with van der Waals surface area (Å²) in [6, 6.07) is 13.9. The highest BCUT2D eigenvalue weighted by atomic mass is 16.9. The van der Waals surface area contributed by atoms with E-state index < -0.39 is 42.7 Å². The number of benzene rings is 1. The molecule has 2 unspecified atom stereocenters. The first-order chi connectivity index (χ1) is 21.9. The summed E-state index contributed by atoms with van der Waals surface area (Å²) in [6.07, 6.45) is 3.02. The van der Waals surface area contributed by atoms with Crippen LogP contribution in [0, 0.1) is 11.3 Å². The van der Waals surface area contributed by atoms with Gasteiger partial charge in [-0.3, -0.25) is 4.79 Å². The second-order valence-electron chi connectivity index (χ2n) is 10.9. The molecule has 2 aliphatic rings. The number of anilines is 1. The summed E-state index contributed by atoms with van der Waals surface area (Å²) in [5.41, 5.74) is 5.42. The molecule has 1 saturated heterocycles. The molecule has 0 amide bonds. The van der Waals surface area contributed by atoms with Crippen molar-refractivity contribution in [1.82, 2.24) is 19.9 Å². The summed E-state index contributed by atoms with van der Waals surface area (Å²) < 4.78 is 43.2. The number of nitrogens with two attached hydrogens (primary N) is 1. The Morgan fingerprint density at radius 1 is 1.20 bits per heavy atom. The van der Waals surface area contributed by atoms with E-state index >= 15 is 0 Å². The number of para-hydroxylation sites is 1. The lowest BCUT2D eigenvalue weighted by atomic mass is 9.93. The Morgan fingerprint density at radius 3 is 2.69 bits per heavy atom. The zero-order valence-electron chi connectivity index (χ0n) is 25.7. The minimum Gasteiger partial charge on any atom is -0.461 e. The van der Waals surface area contributed by atoms with E-state index in [2.05, 4.69) is 21.5 Å². The topological polar surface area (TPSA) is 174 Å². The molecule has 3 heterocycles. The zero-order chi connectivity index (χ0) is 31.8. The van der Waals surface area contributed by atoms with Crippen molar-refractivity contribution in [1.29, 1.82) is 5.26 Å². The Bertz CT molecular complexity index is 1440. The van der Waals surface area contributed by atoms with E-state index in [1.54, 1.807) is 42.6 Å². The van der Waals surface area contributed by atoms with Gasteiger partial charge < -0.3 is 38.9 Å². The maximum atomic E-state index is 13.0. The molecule has 1 aromatic carbocycles. The minimum absolute atomic E-state index is 0.106. The molecule has 0 radical (unpaired) electrons. The quantitative estimate of drug-likeness (QED) is 0.198. The first-order valence-corrected chi connectivity index (χ1v) is 15.1. The lowest BCUT2D eigenvalue weighted by molar-refractivity contribution is -0.253. The standard InChI is InChI=1S/C31H40N6O8/c1-4-40-30-44-25(23-15-16-24-27(33)34-19-35-37(23)24)26(45-30)31(17-32,39-3)18-41-29(43-22-13-9-6-10-14-22)36-20(2)28(38)42-21-11-7-5-8-12-21/h6,9-10,13-16,19-21,25-26,29-30,36H,4-5,7-8,11-12,18H2,1-3H3,(H2,33,34,35)/t20-,25-,26-,29+,30?,31?/m0/s1. The number of hydrogen-bond donors (Lipinski definition) is 2. The van der Waals surface area contributed by atoms with Crippen molar-refractivity contribution in [2.24, 2.45) is 0 Å². The van der Waals surface area contributed by atoms with Crippen molar-refractivity contribution in [3.63, 3.8) is 0 Å². The summed E-state index contributed by atoms with van der Waals surface area (Å²) in [6.45, 7) is 2.32. The second-order valence-corrected chi connectivity index (χ2v) is 10.9. The number of nitrogen functional groups attached to an aromatic ring is 1. The second kappa shape index (κ2) is 15.0. The zero-order valence-corrected chi connectivity index (χ0v) is 25.7. The smallest absolute Gasteiger partial charge is 0.323 e. The van der Waals surface area contributed by atoms with E-state index in [1.165, 1.54) is 13.4 Å². The maximum absolute atomic E-state index is 13.0. The molecule has 3 N–H and O–H groups in total. The number of aromatic nitrogens is 3. The predicted octanol–water partition coefficient (Wildman–Crippen LogP) is 3.23. The van der Waals surface area contributed by atoms with Crippen molar-refractivity contribution in [2.75, 3.05) is 26.1 Å². The largest absolute Gasteiger partial charge is 0.461 e. The molecule has 0 spiro atoms. The van der Waals surface area contributed by atoms with Gasteiger partial charge in [0.1, 0.15) is 48.0 Å². The number of ether oxygens (including phenoxy) is 7. The number of rotatable bonds is 14. The first kappa shape index (κ1) is 32.6. The Balaban J connectivity index is 1.37. The summed E-state index contributed by atoms with van der Waals surface area (Å²) in [5, 5.41) is 17.9. The number of fused-ring (bicyclic) bond motifs is 1. The molecular formula is C31H40N6O8. The number of hydrogen-bond acceptors (Lipinski definition) is 13. The van der Waals surface area contributed by atoms with Crippen molar-refractivity contribution >= 4 is 17.3 Å². The summed E-state index contributed by atoms with van der Waals surface area (Å²) >= 11 is 0. The third-order valence-corrected chi connectivity index (χ3v) is 7.92. The van der Waals surface area contributed by atoms with Crippen LogP contribution in [0.5, 0.6) is 5.75 Å². The molecule has 45 heavy (non-hydrogen) atoms. The fraction of sp³-hybridized carbons (Fsp3) is 0.548. The van der Waals surface area contributed by atoms with Gasteiger partial charge in [-0.2, -0.15) is 10.4 Å². The van der Waals surface area contributed by atoms with Crippen LogP contribution in [0.15, 0.2) is 48.8 Å². The summed E-state index contributed by atoms with van der Waals surface area (Å²) in [7, 11) is 1.38. The van der Waals surface area contributed by atoms with E-state index in [1.807, 2.05) is 18.2 Å². The minimum atomic E-state index is -1.73. The van der Waals surface area contributed by atoms with Crippen LogP contribution >= 0.6 is 0 Å². The van der Waals surface area contributed by atoms with Crippen molar-refractivity contribution in [3.05, 3.63) is 54.5 Å². The SMILES string of the molecule is CCOC1O[C@@H](c2ccc3c(N)ncnn23)[C@@H](C(C#N)(CO[C@@H](N[C@@H](C)C(=O)OC2CCCCC2)Oc2ccccc2)OC)O1. The van der Waals surface area contributed by atoms with Gasteiger partial charge in [-0.05, 0) is 63.8 Å². The molecule has 14 heteroatoms. The lowest BCUT2D eigenvalue weighted by Crippen LogP contribution is -2.53. The van der Waals surface area contributed by atoms with Crippen LogP contribution in [0.4, 0.5) is 5.82 Å². The van der Waals surface area contributed by atoms with Crippen LogP contribution in [0.3, 0.4) is 0 Å². The number of esters is 1. The number of nitriles is 1. The Morgan fingerprint density at radius 2 is 1.98 bits per heavy atom. The average molecular weight is 625 g/mol. The molecule has 242 valence electrons. The van der Waals surface area contributed by atoms with Crippen molar-refractivity contribution < 1.29 is 38.0 Å². The Hall–Kier alpha value is -3.84. The lowest BCUT2D eigenvalue weighted by Gasteiger charge is -2.34. The fourth-order valence-electron chi connectivity index (χ4n) is 5.46. The highest BCUT2D eigenvalue weighted by Gasteiger charge is 2.54. The highest BCUT2D eigenvalue weighted by molar-refractivity contribution is 5.75. The molecule has 1 saturated carbocycles. The number of methoxy groups -OCH3 is 1. The van der Waals surface area contributed by atoms with Gasteiger partial charge in [-0.15, -0.1) is 0 Å². The van der Waals surface area contributed by atoms with E-state index in [0.717, 1.165) is 32.1 Å². The van der Waals surface area contributed by atoms with Crippen LogP contribution in [0.25, 0.3) is 5.52 Å². The van der Waals surface area contributed by atoms with Gasteiger partial charge in [0.2, 0.25) is 5.60 Å². The van der Waals surface area contributed by atoms with E-state index in [-0.39, 0.29) is 18.5 Å². The average Bonchev–Trinajstić information content (AvgIpc) is 3.68. The number of carbonyl (C=O) groups excluding carboxylic acids is 1. The predicted molar refractivity (Wildman–Crippen MR) is 159 cm³/mol. The summed E-state index contributed by atoms with van der Waals surface area (Å²) in [4.78, 5) is 17.0. The molecule has 1 aliphatic heterocycles.